The number of amides is 1. The van der Waals surface area contributed by atoms with Crippen LogP contribution in [0.15, 0.2) is 18.2 Å². The molecule has 0 saturated carbocycles. The van der Waals surface area contributed by atoms with Crippen LogP contribution in [0.3, 0.4) is 0 Å². The molecule has 1 aliphatic rings. The van der Waals surface area contributed by atoms with E-state index in [4.69, 9.17) is 5.73 Å². The molecule has 1 aliphatic heterocycles. The molecule has 1 saturated heterocycles. The average molecular weight is 248 g/mol. The van der Waals surface area contributed by atoms with Crippen LogP contribution >= 0.6 is 0 Å². The molecule has 98 valence electrons. The monoisotopic (exact) mass is 248 g/mol. The maximum atomic E-state index is 12.4. The number of phenols is 1. The second kappa shape index (κ2) is 4.98. The molecule has 0 aromatic heterocycles. The number of likely N-dealkylation sites (tertiary alicyclic amines) is 1. The number of nitrogens with two attached hydrogens (primary N) is 1. The molecule has 0 radical (unpaired) electrons. The summed E-state index contributed by atoms with van der Waals surface area (Å²) in [6, 6.07) is 5.22. The minimum absolute atomic E-state index is 0.0292. The second-order valence-corrected chi connectivity index (χ2v) is 5.15. The highest BCUT2D eigenvalue weighted by Crippen LogP contribution is 2.25. The second-order valence-electron chi connectivity index (χ2n) is 5.15. The smallest absolute Gasteiger partial charge is 0.254 e. The van der Waals surface area contributed by atoms with Crippen molar-refractivity contribution in [3.63, 3.8) is 0 Å². The topological polar surface area (TPSA) is 66.6 Å². The zero-order valence-corrected chi connectivity index (χ0v) is 10.9. The lowest BCUT2D eigenvalue weighted by Crippen LogP contribution is -2.34. The summed E-state index contributed by atoms with van der Waals surface area (Å²) >= 11 is 0. The van der Waals surface area contributed by atoms with E-state index in [0.717, 1.165) is 18.5 Å². The zero-order valence-electron chi connectivity index (χ0n) is 10.9. The molecular formula is C14H20N2O2. The van der Waals surface area contributed by atoms with Crippen LogP contribution < -0.4 is 5.73 Å². The third kappa shape index (κ3) is 2.34. The van der Waals surface area contributed by atoms with E-state index in [1.807, 2.05) is 4.90 Å². The van der Waals surface area contributed by atoms with Crippen LogP contribution in [-0.2, 0) is 0 Å². The van der Waals surface area contributed by atoms with Crippen molar-refractivity contribution in [3.8, 4) is 5.75 Å². The van der Waals surface area contributed by atoms with Crippen LogP contribution in [0.1, 0.15) is 29.3 Å². The Morgan fingerprint density at radius 1 is 1.56 bits per heavy atom. The Bertz CT molecular complexity index is 459. The van der Waals surface area contributed by atoms with Crippen molar-refractivity contribution in [2.45, 2.75) is 26.3 Å². The molecule has 1 aromatic rings. The minimum Gasteiger partial charge on any atom is -0.508 e. The van der Waals surface area contributed by atoms with Gasteiger partial charge in [0.2, 0.25) is 0 Å². The van der Waals surface area contributed by atoms with Gasteiger partial charge in [0.25, 0.3) is 5.91 Å². The van der Waals surface area contributed by atoms with Gasteiger partial charge in [-0.1, -0.05) is 0 Å². The molecule has 2 rings (SSSR count). The van der Waals surface area contributed by atoms with Gasteiger partial charge in [-0.3, -0.25) is 4.79 Å². The first kappa shape index (κ1) is 12.9. The summed E-state index contributed by atoms with van der Waals surface area (Å²) in [6.07, 6.45) is 0.972. The van der Waals surface area contributed by atoms with Crippen molar-refractivity contribution in [1.29, 1.82) is 0 Å². The molecule has 1 heterocycles. The predicted octanol–water partition coefficient (Wildman–Crippen LogP) is 1.51. The van der Waals surface area contributed by atoms with Gasteiger partial charge in [-0.25, -0.2) is 0 Å². The summed E-state index contributed by atoms with van der Waals surface area (Å²) in [5, 5.41) is 9.48. The Hall–Kier alpha value is -1.55. The normalized spacial score (nSPS) is 23.4. The standard InChI is InChI=1S/C14H20N2O2/c1-9-5-12(3-4-13(9)17)14(18)16-8-11(7-15)6-10(16)2/h3-5,10-11,17H,6-8,15H2,1-2H3. The number of carbonyl (C=O) groups is 1. The molecule has 4 heteroatoms. The first-order chi connectivity index (χ1) is 8.52. The van der Waals surface area contributed by atoms with Crippen molar-refractivity contribution in [1.82, 2.24) is 4.90 Å². The first-order valence-corrected chi connectivity index (χ1v) is 6.33. The van der Waals surface area contributed by atoms with Gasteiger partial charge in [0.1, 0.15) is 5.75 Å². The number of rotatable bonds is 2. The van der Waals surface area contributed by atoms with E-state index >= 15 is 0 Å². The molecule has 0 bridgehead atoms. The molecule has 1 fully saturated rings. The van der Waals surface area contributed by atoms with Gasteiger partial charge in [0.15, 0.2) is 0 Å². The average Bonchev–Trinajstić information content (AvgIpc) is 2.73. The Morgan fingerprint density at radius 2 is 2.28 bits per heavy atom. The summed E-state index contributed by atoms with van der Waals surface area (Å²) in [6.45, 7) is 5.21. The summed E-state index contributed by atoms with van der Waals surface area (Å²) in [7, 11) is 0. The van der Waals surface area contributed by atoms with Crippen LogP contribution in [0, 0.1) is 12.8 Å². The predicted molar refractivity (Wildman–Crippen MR) is 70.5 cm³/mol. The number of phenolic OH excluding ortho intramolecular Hbond substituents is 1. The fourth-order valence-corrected chi connectivity index (χ4v) is 2.55. The van der Waals surface area contributed by atoms with Gasteiger partial charge >= 0.3 is 0 Å². The van der Waals surface area contributed by atoms with Crippen LogP contribution in [-0.4, -0.2) is 35.0 Å². The Kier molecular flexibility index (Phi) is 3.57. The van der Waals surface area contributed by atoms with Gasteiger partial charge < -0.3 is 15.7 Å². The third-order valence-corrected chi connectivity index (χ3v) is 3.70. The van der Waals surface area contributed by atoms with E-state index < -0.39 is 0 Å². The Labute approximate surface area is 107 Å². The van der Waals surface area contributed by atoms with Crippen LogP contribution in [0.4, 0.5) is 0 Å². The van der Waals surface area contributed by atoms with Gasteiger partial charge in [-0.05, 0) is 56.5 Å². The van der Waals surface area contributed by atoms with Crippen molar-refractivity contribution < 1.29 is 9.90 Å². The van der Waals surface area contributed by atoms with Crippen LogP contribution in [0.25, 0.3) is 0 Å². The number of nitrogens with zero attached hydrogens (tertiary/aromatic N) is 1. The molecular weight excluding hydrogens is 228 g/mol. The number of aryl methyl sites for hydroxylation is 1. The maximum absolute atomic E-state index is 12.4. The van der Waals surface area contributed by atoms with E-state index in [1.54, 1.807) is 25.1 Å². The lowest BCUT2D eigenvalue weighted by atomic mass is 10.1. The zero-order chi connectivity index (χ0) is 13.3. The van der Waals surface area contributed by atoms with Crippen molar-refractivity contribution in [2.75, 3.05) is 13.1 Å². The quantitative estimate of drug-likeness (QED) is 0.833. The SMILES string of the molecule is Cc1cc(C(=O)N2CC(CN)CC2C)ccc1O. The van der Waals surface area contributed by atoms with Crippen molar-refractivity contribution in [2.24, 2.45) is 11.7 Å². The third-order valence-electron chi connectivity index (χ3n) is 3.70. The van der Waals surface area contributed by atoms with E-state index in [1.165, 1.54) is 0 Å². The molecule has 18 heavy (non-hydrogen) atoms. The van der Waals surface area contributed by atoms with E-state index in [-0.39, 0.29) is 17.7 Å². The minimum atomic E-state index is 0.0292. The Morgan fingerprint density at radius 3 is 2.83 bits per heavy atom. The van der Waals surface area contributed by atoms with E-state index in [9.17, 15) is 9.90 Å². The first-order valence-electron chi connectivity index (χ1n) is 6.33. The summed E-state index contributed by atoms with van der Waals surface area (Å²) in [5.74, 6) is 0.657. The van der Waals surface area contributed by atoms with Crippen LogP contribution in [0.2, 0.25) is 0 Å². The number of carbonyl (C=O) groups excluding carboxylic acids is 1. The number of aromatic hydroxyl groups is 1. The highest BCUT2D eigenvalue weighted by molar-refractivity contribution is 5.95. The lowest BCUT2D eigenvalue weighted by molar-refractivity contribution is 0.0743. The summed E-state index contributed by atoms with van der Waals surface area (Å²) in [4.78, 5) is 14.3. The lowest BCUT2D eigenvalue weighted by Gasteiger charge is -2.21. The molecule has 3 N–H and O–H groups in total. The van der Waals surface area contributed by atoms with Crippen LogP contribution in [0.5, 0.6) is 5.75 Å². The fraction of sp³-hybridized carbons (Fsp3) is 0.500. The summed E-state index contributed by atoms with van der Waals surface area (Å²) in [5.41, 5.74) is 7.03. The molecule has 2 unspecified atom stereocenters. The molecule has 0 spiro atoms. The highest BCUT2D eigenvalue weighted by Gasteiger charge is 2.32. The molecule has 0 aliphatic carbocycles. The molecule has 1 amide bonds. The Balaban J connectivity index is 2.18. The maximum Gasteiger partial charge on any atom is 0.254 e. The van der Waals surface area contributed by atoms with E-state index in [0.29, 0.717) is 18.0 Å². The highest BCUT2D eigenvalue weighted by atomic mass is 16.3. The van der Waals surface area contributed by atoms with Gasteiger partial charge in [-0.2, -0.15) is 0 Å². The molecule has 1 aromatic carbocycles. The molecule has 2 atom stereocenters. The fourth-order valence-electron chi connectivity index (χ4n) is 2.55. The number of benzene rings is 1. The largest absolute Gasteiger partial charge is 0.508 e. The van der Waals surface area contributed by atoms with Gasteiger partial charge in [-0.15, -0.1) is 0 Å². The summed E-state index contributed by atoms with van der Waals surface area (Å²) < 4.78 is 0. The van der Waals surface area contributed by atoms with Gasteiger partial charge in [0, 0.05) is 18.2 Å². The van der Waals surface area contributed by atoms with E-state index in [2.05, 4.69) is 6.92 Å². The molecule has 4 nitrogen and oxygen atoms in total. The number of hydrogen-bond acceptors (Lipinski definition) is 3. The van der Waals surface area contributed by atoms with Gasteiger partial charge in [0.05, 0.1) is 0 Å². The van der Waals surface area contributed by atoms with Crippen molar-refractivity contribution >= 4 is 5.91 Å². The number of hydrogen-bond donors (Lipinski definition) is 2. The van der Waals surface area contributed by atoms with Crippen molar-refractivity contribution in [3.05, 3.63) is 29.3 Å².